The molecule has 0 unspecified atom stereocenters. The topological polar surface area (TPSA) is 387 Å². The molecule has 4 fully saturated rings. The first-order valence-corrected chi connectivity index (χ1v) is 26.0. The van der Waals surface area contributed by atoms with Crippen molar-refractivity contribution in [2.75, 3.05) is 78.1 Å². The molecule has 0 spiro atoms. The summed E-state index contributed by atoms with van der Waals surface area (Å²) in [6.45, 7) is 2.99. The zero-order valence-electron chi connectivity index (χ0n) is 45.7. The minimum Gasteiger partial charge on any atom is -0.508 e. The molecule has 6 aliphatic carbocycles. The third-order valence-electron chi connectivity index (χ3n) is 17.0. The Balaban J connectivity index is 0.000000293. The van der Waals surface area contributed by atoms with Gasteiger partial charge in [0.25, 0.3) is 11.8 Å². The van der Waals surface area contributed by atoms with E-state index in [1.807, 2.05) is 9.80 Å². The number of aliphatic hydroxyl groups is 6. The van der Waals surface area contributed by atoms with E-state index in [1.54, 1.807) is 0 Å². The first-order chi connectivity index (χ1) is 37.6. The van der Waals surface area contributed by atoms with E-state index in [0.717, 1.165) is 64.0 Å². The summed E-state index contributed by atoms with van der Waals surface area (Å²) in [7, 11) is 5.96. The predicted molar refractivity (Wildman–Crippen MR) is 306 cm³/mol. The number of primary amides is 2. The van der Waals surface area contributed by atoms with Gasteiger partial charge in [-0.1, -0.05) is 0 Å². The third-order valence-corrected chi connectivity index (χ3v) is 17.0. The van der Waals surface area contributed by atoms with E-state index in [1.165, 1.54) is 38.0 Å². The van der Waals surface area contributed by atoms with Crippen LogP contribution in [0.2, 0.25) is 0 Å². The number of nitrogens with zero attached hydrogens (tertiary/aromatic N) is 4. The number of hydrogen-bond donors (Lipinski definition) is 12. The lowest BCUT2D eigenvalue weighted by atomic mass is 9.57. The molecule has 2 aromatic rings. The Kier molecular flexibility index (Phi) is 20.5. The molecular weight excluding hydrogens is 1200 g/mol. The highest BCUT2D eigenvalue weighted by Crippen LogP contribution is 2.56. The average molecular weight is 1260 g/mol. The maximum absolute atomic E-state index is 15.4. The second-order valence-electron chi connectivity index (χ2n) is 22.2. The number of nitrogens with one attached hydrogen (secondary N) is 2. The van der Waals surface area contributed by atoms with Gasteiger partial charge < -0.3 is 63.0 Å². The molecule has 2 aliphatic heterocycles. The molecule has 10 rings (SSSR count). The minimum atomic E-state index is -2.79. The lowest BCUT2D eigenvalue weighted by Crippen LogP contribution is -2.65. The normalized spacial score (nSPS) is 27.1. The fourth-order valence-electron chi connectivity index (χ4n) is 13.4. The zero-order chi connectivity index (χ0) is 58.5. The Hall–Kier alpha value is -6.46. The van der Waals surface area contributed by atoms with Crippen LogP contribution in [-0.4, -0.2) is 198 Å². The summed E-state index contributed by atoms with van der Waals surface area (Å²) in [6, 6.07) is -0.585. The van der Waals surface area contributed by atoms with Crippen molar-refractivity contribution in [2.24, 2.45) is 35.1 Å². The van der Waals surface area contributed by atoms with Crippen molar-refractivity contribution >= 4 is 119 Å². The maximum atomic E-state index is 15.4. The Labute approximate surface area is 503 Å². The van der Waals surface area contributed by atoms with E-state index >= 15 is 8.78 Å². The van der Waals surface area contributed by atoms with Gasteiger partial charge in [-0.05, 0) is 118 Å². The summed E-state index contributed by atoms with van der Waals surface area (Å²) < 4.78 is 30.7. The Morgan fingerprint density at radius 1 is 0.583 bits per heavy atom. The summed E-state index contributed by atoms with van der Waals surface area (Å²) in [6.07, 6.45) is 3.12. The highest BCUT2D eigenvalue weighted by molar-refractivity contribution is 6.26. The highest BCUT2D eigenvalue weighted by Gasteiger charge is 2.66. The van der Waals surface area contributed by atoms with Crippen LogP contribution < -0.4 is 22.1 Å². The maximum Gasteiger partial charge on any atom is 0.255 e. The number of halogens is 6. The van der Waals surface area contributed by atoms with Crippen LogP contribution in [0.25, 0.3) is 11.5 Å². The van der Waals surface area contributed by atoms with Gasteiger partial charge in [0.1, 0.15) is 45.8 Å². The Morgan fingerprint density at radius 2 is 0.893 bits per heavy atom. The van der Waals surface area contributed by atoms with Crippen molar-refractivity contribution in [1.29, 1.82) is 0 Å². The van der Waals surface area contributed by atoms with Gasteiger partial charge in [0.05, 0.1) is 47.7 Å². The molecule has 2 saturated carbocycles. The van der Waals surface area contributed by atoms with Crippen LogP contribution in [0.4, 0.5) is 20.2 Å². The number of Topliss-reactive ketones (excluding diaryl/α,β-unsaturated/α-hetero) is 4. The zero-order valence-corrected chi connectivity index (χ0v) is 49.0. The number of amides is 4. The average Bonchev–Trinajstić information content (AvgIpc) is 1.30. The summed E-state index contributed by atoms with van der Waals surface area (Å²) in [5.41, 5.74) is 0.724. The number of hydrogen-bond acceptors (Lipinski definition) is 20. The van der Waals surface area contributed by atoms with Crippen LogP contribution in [0.1, 0.15) is 60.8 Å². The van der Waals surface area contributed by atoms with Crippen molar-refractivity contribution in [3.63, 3.8) is 0 Å². The number of anilines is 2. The van der Waals surface area contributed by atoms with E-state index in [2.05, 4.69) is 10.6 Å². The molecule has 30 heteroatoms. The van der Waals surface area contributed by atoms with Gasteiger partial charge in [-0.3, -0.25) is 58.0 Å². The molecule has 4 amide bonds. The van der Waals surface area contributed by atoms with Gasteiger partial charge in [-0.25, -0.2) is 8.78 Å². The number of ketones is 4. The predicted octanol–water partition coefficient (Wildman–Crippen LogP) is 1.96. The van der Waals surface area contributed by atoms with E-state index in [-0.39, 0.29) is 111 Å². The van der Waals surface area contributed by atoms with E-state index in [0.29, 0.717) is 0 Å². The molecule has 0 radical (unpaired) electrons. The van der Waals surface area contributed by atoms with Crippen molar-refractivity contribution in [3.8, 4) is 11.5 Å². The van der Waals surface area contributed by atoms with Crippen LogP contribution in [0.5, 0.6) is 11.5 Å². The lowest BCUT2D eigenvalue weighted by Gasteiger charge is -2.50. The molecule has 14 N–H and O–H groups in total. The quantitative estimate of drug-likeness (QED) is 0.119. The van der Waals surface area contributed by atoms with Crippen LogP contribution >= 0.6 is 49.6 Å². The number of carbonyl (C=O) groups excluding carboxylic acids is 8. The number of carbonyl (C=O) groups is 8. The van der Waals surface area contributed by atoms with Crippen molar-refractivity contribution in [2.45, 2.75) is 74.7 Å². The molecule has 84 heavy (non-hydrogen) atoms. The molecule has 8 atom stereocenters. The smallest absolute Gasteiger partial charge is 0.255 e. The second-order valence-corrected chi connectivity index (χ2v) is 22.2. The van der Waals surface area contributed by atoms with Gasteiger partial charge in [0, 0.05) is 46.2 Å². The Morgan fingerprint density at radius 3 is 1.18 bits per heavy atom. The number of phenolic OH excluding ortho intramolecular Hbond substituents is 2. The number of nitrogens with two attached hydrogens (primary N) is 2. The number of aromatic hydroxyl groups is 2. The summed E-state index contributed by atoms with van der Waals surface area (Å²) in [5.74, 6) is -19.2. The molecule has 8 aliphatic rings. The molecule has 0 bridgehead atoms. The summed E-state index contributed by atoms with van der Waals surface area (Å²) in [4.78, 5) is 110. The number of benzene rings is 2. The monoisotopic (exact) mass is 1260 g/mol. The Bertz CT molecular complexity index is 3060. The van der Waals surface area contributed by atoms with Crippen LogP contribution in [0.15, 0.2) is 45.9 Å². The number of fused-ring (bicyclic) bond motifs is 6. The third kappa shape index (κ3) is 11.0. The van der Waals surface area contributed by atoms with Crippen LogP contribution in [-0.2, 0) is 51.2 Å². The lowest BCUT2D eigenvalue weighted by molar-refractivity contribution is -0.155. The van der Waals surface area contributed by atoms with Crippen molar-refractivity contribution in [1.82, 2.24) is 19.6 Å². The number of likely N-dealkylation sites (tertiary alicyclic amines) is 2. The SMILES string of the molecule is CN(C)[C@@H]1C(=O)C(C(N)=O)=C(O)[C@@]2(O)C(=O)C3=C(O)c4c(O)c(NC(=O)CN5CCCC5)cc(F)c4C[C@H]3C[C@@H]12.CN(C)[C@@H]1C(=O)C(C(N)=O)=C(O)[C@@]2(O)C(=O)C3=C(O)c4c(O)c(NC(=O)CN5CCCC5)cc(F)c4C[C@H]3C[C@@H]12.Cl.Cl.Cl.Cl. The molecule has 0 aromatic heterocycles. The first-order valence-electron chi connectivity index (χ1n) is 26.0. The van der Waals surface area contributed by atoms with E-state index < -0.39 is 173 Å². The van der Waals surface area contributed by atoms with Gasteiger partial charge >= 0.3 is 0 Å². The largest absolute Gasteiger partial charge is 0.508 e. The molecule has 2 aromatic carbocycles. The molecule has 24 nitrogen and oxygen atoms in total. The van der Waals surface area contributed by atoms with Gasteiger partial charge in [0.2, 0.25) is 23.4 Å². The van der Waals surface area contributed by atoms with Crippen LogP contribution in [0, 0.1) is 35.3 Å². The van der Waals surface area contributed by atoms with E-state index in [9.17, 15) is 79.2 Å². The molecule has 2 saturated heterocycles. The van der Waals surface area contributed by atoms with Gasteiger partial charge in [-0.2, -0.15) is 0 Å². The van der Waals surface area contributed by atoms with Crippen molar-refractivity contribution < 1.29 is 88.0 Å². The van der Waals surface area contributed by atoms with Crippen molar-refractivity contribution in [3.05, 3.63) is 79.8 Å². The summed E-state index contributed by atoms with van der Waals surface area (Å²) >= 11 is 0. The molecular formula is C54H66Cl4F2N8O16. The second kappa shape index (κ2) is 25.2. The van der Waals surface area contributed by atoms with Gasteiger partial charge in [-0.15, -0.1) is 49.6 Å². The molecule has 460 valence electrons. The summed E-state index contributed by atoms with van der Waals surface area (Å²) in [5, 5.41) is 94.4. The minimum absolute atomic E-state index is 0. The number of likely N-dealkylation sites (N-methyl/N-ethyl adjacent to an activating group) is 2. The number of rotatable bonds is 10. The van der Waals surface area contributed by atoms with Crippen LogP contribution in [0.3, 0.4) is 0 Å². The number of phenols is 2. The van der Waals surface area contributed by atoms with E-state index in [4.69, 9.17) is 11.5 Å². The first kappa shape index (κ1) is 68.3. The highest BCUT2D eigenvalue weighted by atomic mass is 35.5. The fourth-order valence-corrected chi connectivity index (χ4v) is 13.4. The number of aliphatic hydroxyl groups excluding tert-OH is 4. The molecule has 2 heterocycles. The standard InChI is InChI=1S/2C27H31FN4O8.4ClH/c2*1-31(2)20-13-8-11-7-12-14(28)9-15(30-16(33)10-32-5-3-4-6-32)21(34)18(12)22(35)17(11)24(37)27(13,40)25(38)19(23(20)36)26(29)39;;;;/h2*9,11,13,20,34-35,38,40H,3-8,10H2,1-2H3,(H2,29,39)(H,30,33);4*1H/t2*11-,13-,20-,27-;;;;/m00..../s1. The van der Waals surface area contributed by atoms with Gasteiger partial charge in [0.15, 0.2) is 34.3 Å². The fraction of sp³-hybridized carbons (Fsp3) is 0.481.